The largest absolute Gasteiger partial charge is 0.748 e. The molecule has 0 spiro atoms. The summed E-state index contributed by atoms with van der Waals surface area (Å²) < 4.78 is 39.3. The number of hydrogen-bond donors (Lipinski definition) is 1. The molecule has 0 aliphatic carbocycles. The van der Waals surface area contributed by atoms with Gasteiger partial charge in [-0.15, -0.1) is 23.3 Å². The van der Waals surface area contributed by atoms with Crippen molar-refractivity contribution in [2.45, 2.75) is 38.5 Å². The van der Waals surface area contributed by atoms with Gasteiger partial charge in [0.05, 0.1) is 11.6 Å². The molecular weight excluding hydrogens is 567 g/mol. The molecule has 1 atom stereocenters. The van der Waals surface area contributed by atoms with Crippen molar-refractivity contribution < 1.29 is 39.8 Å². The summed E-state index contributed by atoms with van der Waals surface area (Å²) in [5, 5.41) is 4.58. The molecule has 3 aromatic carbocycles. The Morgan fingerprint density at radius 2 is 1.59 bits per heavy atom. The molecule has 4 aromatic rings. The van der Waals surface area contributed by atoms with Crippen LogP contribution in [0.2, 0.25) is 0 Å². The van der Waals surface area contributed by atoms with Crippen LogP contribution in [-0.4, -0.2) is 22.3 Å². The Morgan fingerprint density at radius 3 is 2.03 bits per heavy atom. The number of hydrogen-bond acceptors (Lipinski definition) is 4. The molecule has 1 aromatic heterocycles. The van der Waals surface area contributed by atoms with Gasteiger partial charge < -0.3 is 40.5 Å². The van der Waals surface area contributed by atoms with Crippen LogP contribution in [0.3, 0.4) is 0 Å². The molecule has 5 nitrogen and oxygen atoms in total. The number of carbonyl (C=O) groups excluding carboxylic acids is 2. The average Bonchev–Trinajstić information content (AvgIpc) is 3.64. The number of amides is 2. The minimum atomic E-state index is -4.54. The van der Waals surface area contributed by atoms with Crippen LogP contribution in [-0.2, 0) is 28.0 Å². The maximum Gasteiger partial charge on any atom is 0.416 e. The van der Waals surface area contributed by atoms with Crippen LogP contribution in [0, 0.1) is 12.3 Å². The first-order valence-electron chi connectivity index (χ1n) is 11.5. The molecule has 210 valence electrons. The van der Waals surface area contributed by atoms with Gasteiger partial charge in [0.15, 0.2) is 5.01 Å². The van der Waals surface area contributed by atoms with Gasteiger partial charge in [-0.05, 0) is 51.0 Å². The van der Waals surface area contributed by atoms with Gasteiger partial charge in [0.2, 0.25) is 5.91 Å². The molecule has 0 fully saturated rings. The second-order valence-corrected chi connectivity index (χ2v) is 10.1. The fraction of sp³-hybridized carbons (Fsp3) is 0.207. The zero-order valence-corrected chi connectivity index (χ0v) is 23.3. The Morgan fingerprint density at radius 1 is 1.05 bits per heavy atom. The zero-order valence-electron chi connectivity index (χ0n) is 21.3. The van der Waals surface area contributed by atoms with Gasteiger partial charge >= 0.3 is 6.18 Å². The fourth-order valence-electron chi connectivity index (χ4n) is 3.50. The number of terminal acetylenes is 1. The Hall–Kier alpha value is -3.64. The number of alkyl halides is 3. The minimum Gasteiger partial charge on any atom is -0.748 e. The third-order valence-corrected chi connectivity index (χ3v) is 5.88. The van der Waals surface area contributed by atoms with Gasteiger partial charge in [-0.25, -0.2) is 17.1 Å². The van der Waals surface area contributed by atoms with Crippen molar-refractivity contribution in [2.75, 3.05) is 4.90 Å². The summed E-state index contributed by atoms with van der Waals surface area (Å²) in [6.07, 6.45) is 0.822. The van der Waals surface area contributed by atoms with Crippen molar-refractivity contribution in [1.82, 2.24) is 10.3 Å². The Bertz CT molecular complexity index is 1350. The van der Waals surface area contributed by atoms with Crippen LogP contribution >= 0.6 is 11.3 Å². The first-order valence-corrected chi connectivity index (χ1v) is 12.4. The second-order valence-electron chi connectivity index (χ2n) is 9.22. The monoisotopic (exact) mass is 593 g/mol. The Balaban J connectivity index is 0.000000797. The summed E-state index contributed by atoms with van der Waals surface area (Å²) in [6, 6.07) is 19.7. The van der Waals surface area contributed by atoms with Crippen LogP contribution in [0.5, 0.6) is 0 Å². The quantitative estimate of drug-likeness (QED) is 0.162. The third-order valence-electron chi connectivity index (χ3n) is 5.10. The smallest absolute Gasteiger partial charge is 0.416 e. The van der Waals surface area contributed by atoms with Crippen molar-refractivity contribution in [3.05, 3.63) is 106 Å². The summed E-state index contributed by atoms with van der Waals surface area (Å²) in [6.45, 7) is 5.37. The summed E-state index contributed by atoms with van der Waals surface area (Å²) >= 11 is 1.08. The molecule has 0 aliphatic rings. The summed E-state index contributed by atoms with van der Waals surface area (Å²) in [5.41, 5.74) is -0.886. The van der Waals surface area contributed by atoms with Crippen LogP contribution in [0.1, 0.15) is 53.4 Å². The van der Waals surface area contributed by atoms with Gasteiger partial charge in [-0.3, -0.25) is 9.59 Å². The van der Waals surface area contributed by atoms with Gasteiger partial charge in [-0.2, -0.15) is 25.3 Å². The molecule has 0 radical (unpaired) electrons. The molecule has 0 saturated carbocycles. The SMILES string of the molecule is C#Cc1nc(C(=O)N(c2ccc(C(F)(F)F)cc2)C(C(=O)NC(C)(C)C)[c-]2cccc2)cs1.[Fe].[cH-]1[cH-][cH-][cH-][cH-]1. The molecule has 39 heavy (non-hydrogen) atoms. The number of rotatable bonds is 5. The second kappa shape index (κ2) is 13.4. The molecule has 1 N–H and O–H groups in total. The number of halogens is 3. The van der Waals surface area contributed by atoms with Gasteiger partial charge in [0, 0.05) is 33.7 Å². The molecule has 0 bridgehead atoms. The molecule has 4 rings (SSSR count). The van der Waals surface area contributed by atoms with E-state index in [0.29, 0.717) is 5.56 Å². The Labute approximate surface area is 240 Å². The molecule has 10 heteroatoms. The van der Waals surface area contributed by atoms with E-state index in [1.54, 1.807) is 45.0 Å². The van der Waals surface area contributed by atoms with E-state index in [1.165, 1.54) is 5.38 Å². The van der Waals surface area contributed by atoms with E-state index in [1.807, 2.05) is 30.3 Å². The van der Waals surface area contributed by atoms with E-state index in [0.717, 1.165) is 40.5 Å². The minimum absolute atomic E-state index is 0. The number of anilines is 1. The zero-order chi connectivity index (χ0) is 27.9. The first-order chi connectivity index (χ1) is 17.9. The molecule has 1 unspecified atom stereocenters. The number of carbonyl (C=O) groups is 2. The normalized spacial score (nSPS) is 11.7. The van der Waals surface area contributed by atoms with Crippen molar-refractivity contribution in [3.63, 3.8) is 0 Å². The average molecular weight is 593 g/mol. The third kappa shape index (κ3) is 8.69. The van der Waals surface area contributed by atoms with E-state index < -0.39 is 35.1 Å². The van der Waals surface area contributed by atoms with Crippen molar-refractivity contribution in [2.24, 2.45) is 0 Å². The molecule has 1 heterocycles. The van der Waals surface area contributed by atoms with E-state index in [-0.39, 0.29) is 33.5 Å². The van der Waals surface area contributed by atoms with Gasteiger partial charge in [0.25, 0.3) is 5.91 Å². The number of nitrogens with one attached hydrogen (secondary N) is 1. The summed E-state index contributed by atoms with van der Waals surface area (Å²) in [5.74, 6) is 1.19. The van der Waals surface area contributed by atoms with E-state index in [4.69, 9.17) is 6.42 Å². The first kappa shape index (κ1) is 31.6. The summed E-state index contributed by atoms with van der Waals surface area (Å²) in [7, 11) is 0. The number of nitrogens with zero attached hydrogens (tertiary/aromatic N) is 2. The van der Waals surface area contributed by atoms with Crippen LogP contribution in [0.15, 0.2) is 84.2 Å². The standard InChI is InChI=1S/C24H21F3N3O2S.C5H5.Fe/c1-5-19-28-18(14-33-19)22(32)30(17-12-10-16(11-13-17)24(25,26)27)20(15-8-6-7-9-15)21(31)29-23(2,3)4;1-2-4-5-3-1;/h1,6-14,20H,2-4H3,(H,29,31);1-5H;/q-1;-5;. The topological polar surface area (TPSA) is 62.3 Å². The maximum atomic E-state index is 13.6. The van der Waals surface area contributed by atoms with E-state index >= 15 is 0 Å². The number of benzene rings is 1. The predicted octanol–water partition coefficient (Wildman–Crippen LogP) is 6.57. The molecule has 0 saturated heterocycles. The Kier molecular flexibility index (Phi) is 10.9. The molecule has 0 aliphatic heterocycles. The summed E-state index contributed by atoms with van der Waals surface area (Å²) in [4.78, 5) is 32.2. The molecule has 2 amide bonds. The van der Waals surface area contributed by atoms with E-state index in [2.05, 4.69) is 16.2 Å². The van der Waals surface area contributed by atoms with Crippen LogP contribution < -0.4 is 10.2 Å². The van der Waals surface area contributed by atoms with Crippen molar-refractivity contribution >= 4 is 28.8 Å². The van der Waals surface area contributed by atoms with Gasteiger partial charge in [-0.1, -0.05) is 0 Å². The molecular formula is C29H26F3FeN3O2S-6. The van der Waals surface area contributed by atoms with E-state index in [9.17, 15) is 22.8 Å². The van der Waals surface area contributed by atoms with Crippen molar-refractivity contribution in [3.8, 4) is 12.3 Å². The van der Waals surface area contributed by atoms with Crippen LogP contribution in [0.4, 0.5) is 18.9 Å². The van der Waals surface area contributed by atoms with Crippen molar-refractivity contribution in [1.29, 1.82) is 0 Å². The van der Waals surface area contributed by atoms with Crippen LogP contribution in [0.25, 0.3) is 0 Å². The predicted molar refractivity (Wildman–Crippen MR) is 143 cm³/mol. The van der Waals surface area contributed by atoms with Gasteiger partial charge in [0.1, 0.15) is 5.69 Å². The number of aromatic nitrogens is 1. The number of thiazole rings is 1. The maximum absolute atomic E-state index is 13.6. The fourth-order valence-corrected chi connectivity index (χ4v) is 4.10.